The van der Waals surface area contributed by atoms with Gasteiger partial charge in [-0.25, -0.2) is 0 Å². The van der Waals surface area contributed by atoms with Crippen molar-refractivity contribution in [3.63, 3.8) is 0 Å². The van der Waals surface area contributed by atoms with Gasteiger partial charge in [-0.1, -0.05) is 41.9 Å². The fourth-order valence-corrected chi connectivity index (χ4v) is 2.71. The molecular weight excluding hydrogens is 254 g/mol. The second-order valence-electron chi connectivity index (χ2n) is 5.03. The van der Waals surface area contributed by atoms with Gasteiger partial charge in [0.05, 0.1) is 0 Å². The van der Waals surface area contributed by atoms with E-state index in [2.05, 4.69) is 49.5 Å². The Hall–Kier alpha value is -1.31. The zero-order chi connectivity index (χ0) is 13.8. The van der Waals surface area contributed by atoms with Gasteiger partial charge in [0, 0.05) is 11.1 Å². The highest BCUT2D eigenvalue weighted by Crippen LogP contribution is 2.24. The summed E-state index contributed by atoms with van der Waals surface area (Å²) in [6, 6.07) is 15.1. The fourth-order valence-electron chi connectivity index (χ4n) is 2.41. The number of hydrogen-bond donors (Lipinski definition) is 1. The third-order valence-corrected chi connectivity index (χ3v) is 3.72. The summed E-state index contributed by atoms with van der Waals surface area (Å²) in [5.41, 5.74) is 5.16. The van der Waals surface area contributed by atoms with Crippen LogP contribution in [0.3, 0.4) is 0 Å². The molecule has 0 bridgehead atoms. The van der Waals surface area contributed by atoms with Crippen LogP contribution in [-0.4, -0.2) is 7.05 Å². The first-order valence-electron chi connectivity index (χ1n) is 6.59. The molecule has 0 fully saturated rings. The molecule has 1 unspecified atom stereocenters. The van der Waals surface area contributed by atoms with E-state index in [9.17, 15) is 0 Å². The first-order chi connectivity index (χ1) is 9.10. The molecule has 0 aromatic heterocycles. The number of benzene rings is 2. The fraction of sp³-hybridized carbons (Fsp3) is 0.294. The molecule has 0 aliphatic carbocycles. The summed E-state index contributed by atoms with van der Waals surface area (Å²) in [5.74, 6) is 0. The van der Waals surface area contributed by atoms with Crippen LogP contribution in [0.25, 0.3) is 0 Å². The molecule has 1 nitrogen and oxygen atoms in total. The van der Waals surface area contributed by atoms with Gasteiger partial charge in [-0.3, -0.25) is 0 Å². The Bertz CT molecular complexity index is 543. The topological polar surface area (TPSA) is 12.0 Å². The summed E-state index contributed by atoms with van der Waals surface area (Å²) in [4.78, 5) is 0. The van der Waals surface area contributed by atoms with Gasteiger partial charge in [0.2, 0.25) is 0 Å². The maximum absolute atomic E-state index is 6.16. The number of rotatable bonds is 4. The van der Waals surface area contributed by atoms with Crippen LogP contribution in [0.15, 0.2) is 42.5 Å². The number of likely N-dealkylation sites (N-methyl/N-ethyl adjacent to an activating group) is 1. The van der Waals surface area contributed by atoms with Gasteiger partial charge in [0.1, 0.15) is 0 Å². The van der Waals surface area contributed by atoms with Crippen LogP contribution in [0.1, 0.15) is 28.3 Å². The monoisotopic (exact) mass is 273 g/mol. The molecule has 2 aromatic carbocycles. The molecule has 0 saturated heterocycles. The van der Waals surface area contributed by atoms with Gasteiger partial charge < -0.3 is 5.32 Å². The van der Waals surface area contributed by atoms with Gasteiger partial charge in [0.15, 0.2) is 0 Å². The average Bonchev–Trinajstić information content (AvgIpc) is 2.36. The molecule has 0 aliphatic heterocycles. The van der Waals surface area contributed by atoms with Crippen molar-refractivity contribution in [3.05, 3.63) is 69.7 Å². The summed E-state index contributed by atoms with van der Waals surface area (Å²) in [6.45, 7) is 4.24. The number of hydrogen-bond acceptors (Lipinski definition) is 1. The third kappa shape index (κ3) is 3.59. The lowest BCUT2D eigenvalue weighted by atomic mass is 9.95. The van der Waals surface area contributed by atoms with Crippen molar-refractivity contribution in [2.24, 2.45) is 0 Å². The predicted molar refractivity (Wildman–Crippen MR) is 82.9 cm³/mol. The predicted octanol–water partition coefficient (Wildman–Crippen LogP) is 4.46. The van der Waals surface area contributed by atoms with Gasteiger partial charge in [-0.15, -0.1) is 0 Å². The van der Waals surface area contributed by atoms with E-state index in [1.807, 2.05) is 19.2 Å². The van der Waals surface area contributed by atoms with E-state index in [1.54, 1.807) is 0 Å². The first-order valence-corrected chi connectivity index (χ1v) is 6.97. The molecule has 2 rings (SSSR count). The van der Waals surface area contributed by atoms with Crippen LogP contribution in [0.4, 0.5) is 0 Å². The van der Waals surface area contributed by atoms with Gasteiger partial charge in [0.25, 0.3) is 0 Å². The Kier molecular flexibility index (Phi) is 4.62. The summed E-state index contributed by atoms with van der Waals surface area (Å²) in [6.07, 6.45) is 0.975. The lowest BCUT2D eigenvalue weighted by Gasteiger charge is -2.19. The van der Waals surface area contributed by atoms with E-state index in [-0.39, 0.29) is 0 Å². The third-order valence-electron chi connectivity index (χ3n) is 3.50. The Morgan fingerprint density at radius 1 is 1.11 bits per heavy atom. The van der Waals surface area contributed by atoms with E-state index in [1.165, 1.54) is 22.3 Å². The quantitative estimate of drug-likeness (QED) is 0.867. The molecule has 0 amide bonds. The normalized spacial score (nSPS) is 12.4. The van der Waals surface area contributed by atoms with Crippen LogP contribution in [0.2, 0.25) is 5.02 Å². The van der Waals surface area contributed by atoms with Crippen LogP contribution >= 0.6 is 11.6 Å². The number of nitrogens with one attached hydrogen (secondary N) is 1. The van der Waals surface area contributed by atoms with Crippen molar-refractivity contribution in [3.8, 4) is 0 Å². The molecule has 1 N–H and O–H groups in total. The molecule has 0 spiro atoms. The molecular formula is C17H20ClN. The second kappa shape index (κ2) is 6.23. The highest BCUT2D eigenvalue weighted by Gasteiger charge is 2.12. The maximum atomic E-state index is 6.16. The molecule has 0 heterocycles. The molecule has 100 valence electrons. The van der Waals surface area contributed by atoms with Crippen molar-refractivity contribution in [2.45, 2.75) is 26.3 Å². The van der Waals surface area contributed by atoms with E-state index >= 15 is 0 Å². The van der Waals surface area contributed by atoms with Crippen molar-refractivity contribution in [1.82, 2.24) is 5.32 Å². The number of aryl methyl sites for hydroxylation is 2. The summed E-state index contributed by atoms with van der Waals surface area (Å²) >= 11 is 6.16. The Labute approximate surface area is 120 Å². The zero-order valence-electron chi connectivity index (χ0n) is 11.7. The van der Waals surface area contributed by atoms with E-state index < -0.39 is 0 Å². The zero-order valence-corrected chi connectivity index (χ0v) is 12.5. The van der Waals surface area contributed by atoms with E-state index in [4.69, 9.17) is 11.6 Å². The molecule has 1 atom stereocenters. The average molecular weight is 274 g/mol. The van der Waals surface area contributed by atoms with E-state index in [0.717, 1.165) is 11.4 Å². The molecule has 2 heteroatoms. The number of halogens is 1. The first kappa shape index (κ1) is 14.1. The van der Waals surface area contributed by atoms with Gasteiger partial charge in [-0.2, -0.15) is 0 Å². The van der Waals surface area contributed by atoms with Crippen molar-refractivity contribution in [2.75, 3.05) is 7.05 Å². The molecule has 0 radical (unpaired) electrons. The van der Waals surface area contributed by atoms with Crippen LogP contribution in [-0.2, 0) is 6.42 Å². The highest BCUT2D eigenvalue weighted by molar-refractivity contribution is 6.30. The highest BCUT2D eigenvalue weighted by atomic mass is 35.5. The molecule has 2 aromatic rings. The maximum Gasteiger partial charge on any atom is 0.0411 e. The standard InChI is InChI=1S/C17H20ClN/c1-12-8-15(10-16(18)9-12)17(19-3)11-14-7-5-4-6-13(14)2/h4-10,17,19H,11H2,1-3H3. The largest absolute Gasteiger partial charge is 0.313 e. The lowest BCUT2D eigenvalue weighted by molar-refractivity contribution is 0.590. The molecule has 0 saturated carbocycles. The summed E-state index contributed by atoms with van der Waals surface area (Å²) in [5, 5.41) is 4.20. The van der Waals surface area contributed by atoms with Gasteiger partial charge >= 0.3 is 0 Å². The van der Waals surface area contributed by atoms with Crippen LogP contribution < -0.4 is 5.32 Å². The van der Waals surface area contributed by atoms with Crippen LogP contribution in [0.5, 0.6) is 0 Å². The molecule has 0 aliphatic rings. The SMILES string of the molecule is CNC(Cc1ccccc1C)c1cc(C)cc(Cl)c1. The van der Waals surface area contributed by atoms with Crippen molar-refractivity contribution >= 4 is 11.6 Å². The van der Waals surface area contributed by atoms with E-state index in [0.29, 0.717) is 6.04 Å². The Morgan fingerprint density at radius 2 is 1.84 bits per heavy atom. The Balaban J connectivity index is 2.28. The minimum absolute atomic E-state index is 0.290. The van der Waals surface area contributed by atoms with Crippen molar-refractivity contribution in [1.29, 1.82) is 0 Å². The lowest BCUT2D eigenvalue weighted by Crippen LogP contribution is -2.19. The summed E-state index contributed by atoms with van der Waals surface area (Å²) < 4.78 is 0. The minimum atomic E-state index is 0.290. The van der Waals surface area contributed by atoms with Crippen molar-refractivity contribution < 1.29 is 0 Å². The smallest absolute Gasteiger partial charge is 0.0411 e. The van der Waals surface area contributed by atoms with Gasteiger partial charge in [-0.05, 0) is 61.7 Å². The Morgan fingerprint density at radius 3 is 2.47 bits per heavy atom. The molecule has 19 heavy (non-hydrogen) atoms. The van der Waals surface area contributed by atoms with Crippen LogP contribution in [0, 0.1) is 13.8 Å². The second-order valence-corrected chi connectivity index (χ2v) is 5.47. The summed E-state index contributed by atoms with van der Waals surface area (Å²) in [7, 11) is 2.00. The minimum Gasteiger partial charge on any atom is -0.313 e.